The maximum atomic E-state index is 12.9. The molecule has 0 fully saturated rings. The lowest BCUT2D eigenvalue weighted by atomic mass is 10.2. The number of halogens is 2. The van der Waals surface area contributed by atoms with Crippen LogP contribution >= 0.6 is 15.9 Å². The zero-order valence-electron chi connectivity index (χ0n) is 9.52. The summed E-state index contributed by atoms with van der Waals surface area (Å²) < 4.78 is 15.0. The van der Waals surface area contributed by atoms with Crippen LogP contribution in [0.4, 0.5) is 4.39 Å². The largest absolute Gasteiger partial charge is 0.345 e. The highest BCUT2D eigenvalue weighted by atomic mass is 79.9. The summed E-state index contributed by atoms with van der Waals surface area (Å²) in [4.78, 5) is 11.9. The summed E-state index contributed by atoms with van der Waals surface area (Å²) in [6.07, 6.45) is 1.55. The van der Waals surface area contributed by atoms with Gasteiger partial charge in [0.2, 0.25) is 0 Å². The maximum absolute atomic E-state index is 12.9. The Hall–Kier alpha value is -1.76. The van der Waals surface area contributed by atoms with Crippen molar-refractivity contribution < 1.29 is 9.18 Å². The van der Waals surface area contributed by atoms with E-state index in [1.165, 1.54) is 18.2 Å². The minimum absolute atomic E-state index is 0.263. The topological polar surface area (TPSA) is 59.8 Å². The number of rotatable bonds is 3. The summed E-state index contributed by atoms with van der Waals surface area (Å²) in [6.45, 7) is 0.263. The minimum atomic E-state index is -0.397. The molecule has 1 aromatic heterocycles. The quantitative estimate of drug-likeness (QED) is 0.937. The monoisotopic (exact) mass is 312 g/mol. The van der Waals surface area contributed by atoms with E-state index in [4.69, 9.17) is 0 Å². The van der Waals surface area contributed by atoms with Crippen LogP contribution in [0.15, 0.2) is 29.0 Å². The third kappa shape index (κ3) is 2.73. The lowest BCUT2D eigenvalue weighted by Gasteiger charge is -2.06. The first kappa shape index (κ1) is 12.7. The number of hydrogen-bond donors (Lipinski definition) is 1. The number of hydrogen-bond acceptors (Lipinski definition) is 3. The molecule has 0 saturated heterocycles. The molecule has 0 aliphatic heterocycles. The standard InChI is InChI=1S/C11H10BrFN4O/c1-17-6-15-16-10(17)5-14-11(18)8-3-2-7(13)4-9(8)12/h2-4,6H,5H2,1H3,(H,14,18). The van der Waals surface area contributed by atoms with Crippen molar-refractivity contribution in [2.45, 2.75) is 6.54 Å². The summed E-state index contributed by atoms with van der Waals surface area (Å²) in [6, 6.07) is 3.91. The van der Waals surface area contributed by atoms with Gasteiger partial charge in [0.05, 0.1) is 12.1 Å². The first-order chi connectivity index (χ1) is 8.58. The number of aromatic nitrogens is 3. The molecule has 0 atom stereocenters. The van der Waals surface area contributed by atoms with Gasteiger partial charge in [-0.05, 0) is 34.1 Å². The van der Waals surface area contributed by atoms with E-state index in [0.29, 0.717) is 15.9 Å². The highest BCUT2D eigenvalue weighted by Gasteiger charge is 2.11. The number of carbonyl (C=O) groups is 1. The minimum Gasteiger partial charge on any atom is -0.345 e. The van der Waals surface area contributed by atoms with Crippen molar-refractivity contribution in [3.63, 3.8) is 0 Å². The van der Waals surface area contributed by atoms with Crippen LogP contribution < -0.4 is 5.32 Å². The molecule has 2 aromatic rings. The molecule has 18 heavy (non-hydrogen) atoms. The van der Waals surface area contributed by atoms with Crippen molar-refractivity contribution >= 4 is 21.8 Å². The molecule has 1 aromatic carbocycles. The fraction of sp³-hybridized carbons (Fsp3) is 0.182. The zero-order chi connectivity index (χ0) is 13.1. The third-order valence-electron chi connectivity index (χ3n) is 2.39. The van der Waals surface area contributed by atoms with Gasteiger partial charge in [-0.25, -0.2) is 4.39 Å². The van der Waals surface area contributed by atoms with Gasteiger partial charge in [0.15, 0.2) is 5.82 Å². The maximum Gasteiger partial charge on any atom is 0.252 e. The van der Waals surface area contributed by atoms with Crippen molar-refractivity contribution in [3.05, 3.63) is 46.2 Å². The summed E-state index contributed by atoms with van der Waals surface area (Å²) in [5.41, 5.74) is 0.374. The zero-order valence-corrected chi connectivity index (χ0v) is 11.1. The van der Waals surface area contributed by atoms with Crippen LogP contribution in [0, 0.1) is 5.82 Å². The van der Waals surface area contributed by atoms with Gasteiger partial charge < -0.3 is 9.88 Å². The number of benzene rings is 1. The second kappa shape index (κ2) is 5.26. The average molecular weight is 313 g/mol. The smallest absolute Gasteiger partial charge is 0.252 e. The van der Waals surface area contributed by atoms with Gasteiger partial charge in [-0.1, -0.05) is 0 Å². The van der Waals surface area contributed by atoms with Crippen LogP contribution in [-0.4, -0.2) is 20.7 Å². The van der Waals surface area contributed by atoms with Crippen molar-refractivity contribution in [1.29, 1.82) is 0 Å². The molecule has 0 aliphatic rings. The summed E-state index contributed by atoms with van der Waals surface area (Å²) in [5.74, 6) is -0.0572. The summed E-state index contributed by atoms with van der Waals surface area (Å²) in [5, 5.41) is 10.2. The summed E-state index contributed by atoms with van der Waals surface area (Å²) >= 11 is 3.15. The van der Waals surface area contributed by atoms with Crippen molar-refractivity contribution in [3.8, 4) is 0 Å². The first-order valence-electron chi connectivity index (χ1n) is 5.14. The van der Waals surface area contributed by atoms with E-state index in [-0.39, 0.29) is 12.5 Å². The van der Waals surface area contributed by atoms with Crippen LogP contribution in [0.3, 0.4) is 0 Å². The lowest BCUT2D eigenvalue weighted by molar-refractivity contribution is 0.0949. The Bertz CT molecular complexity index is 584. The Morgan fingerprint density at radius 2 is 2.33 bits per heavy atom. The number of aryl methyl sites for hydroxylation is 1. The van der Waals surface area contributed by atoms with Gasteiger partial charge in [0.1, 0.15) is 12.1 Å². The molecule has 0 unspecified atom stereocenters. The molecule has 7 heteroatoms. The second-order valence-corrected chi connectivity index (χ2v) is 4.52. The normalized spacial score (nSPS) is 10.4. The molecule has 0 bridgehead atoms. The Kier molecular flexibility index (Phi) is 3.71. The van der Waals surface area contributed by atoms with Crippen LogP contribution in [0.2, 0.25) is 0 Å². The lowest BCUT2D eigenvalue weighted by Crippen LogP contribution is -2.24. The molecule has 0 spiro atoms. The Morgan fingerprint density at radius 3 is 2.94 bits per heavy atom. The van der Waals surface area contributed by atoms with Gasteiger partial charge in [-0.3, -0.25) is 4.79 Å². The van der Waals surface area contributed by atoms with Gasteiger partial charge >= 0.3 is 0 Å². The molecular formula is C11H10BrFN4O. The molecular weight excluding hydrogens is 303 g/mol. The van der Waals surface area contributed by atoms with E-state index >= 15 is 0 Å². The van der Waals surface area contributed by atoms with Gasteiger partial charge in [-0.15, -0.1) is 10.2 Å². The number of carbonyl (C=O) groups excluding carboxylic acids is 1. The Morgan fingerprint density at radius 1 is 1.56 bits per heavy atom. The number of nitrogens with zero attached hydrogens (tertiary/aromatic N) is 3. The molecule has 0 aliphatic carbocycles. The highest BCUT2D eigenvalue weighted by Crippen LogP contribution is 2.17. The van der Waals surface area contributed by atoms with Crippen molar-refractivity contribution in [1.82, 2.24) is 20.1 Å². The fourth-order valence-corrected chi connectivity index (χ4v) is 1.93. The van der Waals surface area contributed by atoms with Crippen molar-refractivity contribution in [2.24, 2.45) is 7.05 Å². The van der Waals surface area contributed by atoms with E-state index in [2.05, 4.69) is 31.4 Å². The second-order valence-electron chi connectivity index (χ2n) is 3.66. The van der Waals surface area contributed by atoms with Gasteiger partial charge in [0.25, 0.3) is 5.91 Å². The van der Waals surface area contributed by atoms with Crippen molar-refractivity contribution in [2.75, 3.05) is 0 Å². The van der Waals surface area contributed by atoms with E-state index in [0.717, 1.165) is 0 Å². The molecule has 1 amide bonds. The molecule has 0 saturated carbocycles. The number of nitrogens with one attached hydrogen (secondary N) is 1. The fourth-order valence-electron chi connectivity index (χ4n) is 1.40. The van der Waals surface area contributed by atoms with E-state index in [9.17, 15) is 9.18 Å². The highest BCUT2D eigenvalue weighted by molar-refractivity contribution is 9.10. The van der Waals surface area contributed by atoms with Crippen LogP contribution in [0.25, 0.3) is 0 Å². The molecule has 1 heterocycles. The Balaban J connectivity index is 2.06. The summed E-state index contributed by atoms with van der Waals surface area (Å²) in [7, 11) is 1.79. The first-order valence-corrected chi connectivity index (χ1v) is 5.93. The molecule has 2 rings (SSSR count). The molecule has 1 N–H and O–H groups in total. The van der Waals surface area contributed by atoms with E-state index in [1.54, 1.807) is 17.9 Å². The predicted octanol–water partition coefficient (Wildman–Crippen LogP) is 1.65. The van der Waals surface area contributed by atoms with E-state index in [1.807, 2.05) is 0 Å². The average Bonchev–Trinajstić information content (AvgIpc) is 2.72. The third-order valence-corrected chi connectivity index (χ3v) is 3.04. The van der Waals surface area contributed by atoms with Crippen LogP contribution in [0.5, 0.6) is 0 Å². The molecule has 94 valence electrons. The van der Waals surface area contributed by atoms with Gasteiger partial charge in [-0.2, -0.15) is 0 Å². The SMILES string of the molecule is Cn1cnnc1CNC(=O)c1ccc(F)cc1Br. The van der Waals surface area contributed by atoms with E-state index < -0.39 is 5.82 Å². The van der Waals surface area contributed by atoms with Crippen LogP contribution in [-0.2, 0) is 13.6 Å². The van der Waals surface area contributed by atoms with Gasteiger partial charge in [0, 0.05) is 11.5 Å². The van der Waals surface area contributed by atoms with Crippen LogP contribution in [0.1, 0.15) is 16.2 Å². The molecule has 5 nitrogen and oxygen atoms in total. The number of amides is 1. The molecule has 0 radical (unpaired) electrons. The Labute approximate surface area is 111 Å². The predicted molar refractivity (Wildman–Crippen MR) is 66.3 cm³/mol.